The van der Waals surface area contributed by atoms with Gasteiger partial charge in [-0.3, -0.25) is 4.57 Å². The molecule has 0 unspecified atom stereocenters. The summed E-state index contributed by atoms with van der Waals surface area (Å²) in [5, 5.41) is 3.07. The quantitative estimate of drug-likeness (QED) is 0.765. The van der Waals surface area contributed by atoms with Crippen molar-refractivity contribution in [2.24, 2.45) is 0 Å². The molecule has 0 aliphatic heterocycles. The second kappa shape index (κ2) is 4.94. The molecule has 0 aromatic carbocycles. The van der Waals surface area contributed by atoms with E-state index in [0.717, 1.165) is 19.4 Å². The van der Waals surface area contributed by atoms with E-state index in [1.807, 2.05) is 7.05 Å². The number of pyridine rings is 1. The van der Waals surface area contributed by atoms with Crippen molar-refractivity contribution in [3.05, 3.63) is 28.9 Å². The SMILES string of the molecule is CNCCCCn1c(=O)oc2cccnc21. The molecule has 5 nitrogen and oxygen atoms in total. The zero-order chi connectivity index (χ0) is 11.4. The van der Waals surface area contributed by atoms with Gasteiger partial charge in [0, 0.05) is 12.7 Å². The minimum atomic E-state index is -0.321. The fourth-order valence-electron chi connectivity index (χ4n) is 1.67. The molecule has 0 atom stereocenters. The summed E-state index contributed by atoms with van der Waals surface area (Å²) in [6.07, 6.45) is 3.63. The zero-order valence-electron chi connectivity index (χ0n) is 9.27. The van der Waals surface area contributed by atoms with E-state index in [0.29, 0.717) is 17.8 Å². The molecule has 2 aromatic heterocycles. The molecule has 0 saturated carbocycles. The van der Waals surface area contributed by atoms with Crippen LogP contribution in [0.3, 0.4) is 0 Å². The van der Waals surface area contributed by atoms with E-state index in [4.69, 9.17) is 4.42 Å². The summed E-state index contributed by atoms with van der Waals surface area (Å²) in [7, 11) is 1.92. The molecule has 16 heavy (non-hydrogen) atoms. The van der Waals surface area contributed by atoms with E-state index in [-0.39, 0.29) is 5.76 Å². The Morgan fingerprint density at radius 1 is 1.50 bits per heavy atom. The summed E-state index contributed by atoms with van der Waals surface area (Å²) >= 11 is 0. The maximum atomic E-state index is 11.5. The fraction of sp³-hybridized carbons (Fsp3) is 0.455. The number of aromatic nitrogens is 2. The Kier molecular flexibility index (Phi) is 3.36. The average molecular weight is 221 g/mol. The third kappa shape index (κ3) is 2.14. The fourth-order valence-corrected chi connectivity index (χ4v) is 1.67. The van der Waals surface area contributed by atoms with E-state index in [1.165, 1.54) is 0 Å². The molecule has 2 rings (SSSR count). The molecule has 0 radical (unpaired) electrons. The van der Waals surface area contributed by atoms with Gasteiger partial charge in [-0.15, -0.1) is 0 Å². The highest BCUT2D eigenvalue weighted by molar-refractivity contribution is 5.67. The topological polar surface area (TPSA) is 60.1 Å². The van der Waals surface area contributed by atoms with Gasteiger partial charge in [0.2, 0.25) is 0 Å². The number of unbranched alkanes of at least 4 members (excludes halogenated alkanes) is 1. The van der Waals surface area contributed by atoms with Crippen LogP contribution in [0.1, 0.15) is 12.8 Å². The second-order valence-corrected chi connectivity index (χ2v) is 3.66. The molecule has 5 heteroatoms. The first-order valence-corrected chi connectivity index (χ1v) is 5.42. The van der Waals surface area contributed by atoms with Gasteiger partial charge in [-0.2, -0.15) is 0 Å². The van der Waals surface area contributed by atoms with Gasteiger partial charge in [-0.1, -0.05) is 0 Å². The number of fused-ring (bicyclic) bond motifs is 1. The van der Waals surface area contributed by atoms with Crippen LogP contribution in [0, 0.1) is 0 Å². The minimum absolute atomic E-state index is 0.321. The van der Waals surface area contributed by atoms with Crippen LogP contribution in [0.5, 0.6) is 0 Å². The lowest BCUT2D eigenvalue weighted by Gasteiger charge is -2.01. The van der Waals surface area contributed by atoms with Crippen molar-refractivity contribution < 1.29 is 4.42 Å². The van der Waals surface area contributed by atoms with Crippen LogP contribution >= 0.6 is 0 Å². The molecule has 0 aliphatic carbocycles. The number of nitrogens with zero attached hydrogens (tertiary/aromatic N) is 2. The standard InChI is InChI=1S/C11H15N3O2/c1-12-6-2-3-8-14-10-9(16-11(14)15)5-4-7-13-10/h4-5,7,12H,2-3,6,8H2,1H3. The number of aryl methyl sites for hydroxylation is 1. The van der Waals surface area contributed by atoms with Gasteiger partial charge < -0.3 is 9.73 Å². The molecular formula is C11H15N3O2. The van der Waals surface area contributed by atoms with Crippen LogP contribution in [-0.4, -0.2) is 23.1 Å². The number of oxazole rings is 1. The summed E-state index contributed by atoms with van der Waals surface area (Å²) in [4.78, 5) is 15.7. The van der Waals surface area contributed by atoms with Gasteiger partial charge in [0.25, 0.3) is 0 Å². The Labute approximate surface area is 93.1 Å². The summed E-state index contributed by atoms with van der Waals surface area (Å²) in [6.45, 7) is 1.61. The van der Waals surface area contributed by atoms with E-state index in [9.17, 15) is 4.79 Å². The lowest BCUT2D eigenvalue weighted by molar-refractivity contribution is 0.490. The van der Waals surface area contributed by atoms with Crippen LogP contribution in [0.4, 0.5) is 0 Å². The largest absolute Gasteiger partial charge is 0.421 e. The molecule has 0 bridgehead atoms. The van der Waals surface area contributed by atoms with Crippen LogP contribution < -0.4 is 11.1 Å². The second-order valence-electron chi connectivity index (χ2n) is 3.66. The highest BCUT2D eigenvalue weighted by Crippen LogP contribution is 2.09. The van der Waals surface area contributed by atoms with Crippen molar-refractivity contribution in [2.45, 2.75) is 19.4 Å². The summed E-state index contributed by atoms with van der Waals surface area (Å²) in [5.41, 5.74) is 1.19. The van der Waals surface area contributed by atoms with Crippen LogP contribution in [0.25, 0.3) is 11.2 Å². The Morgan fingerprint density at radius 3 is 3.19 bits per heavy atom. The zero-order valence-corrected chi connectivity index (χ0v) is 9.27. The lowest BCUT2D eigenvalue weighted by Crippen LogP contribution is -2.16. The Morgan fingerprint density at radius 2 is 2.38 bits per heavy atom. The number of hydrogen-bond acceptors (Lipinski definition) is 4. The first kappa shape index (κ1) is 10.9. The van der Waals surface area contributed by atoms with Gasteiger partial charge in [0.1, 0.15) is 0 Å². The van der Waals surface area contributed by atoms with Gasteiger partial charge in [0.05, 0.1) is 0 Å². The van der Waals surface area contributed by atoms with Crippen molar-refractivity contribution >= 4 is 11.2 Å². The Bertz CT molecular complexity index is 515. The molecule has 0 amide bonds. The number of rotatable bonds is 5. The molecule has 0 spiro atoms. The molecule has 2 aromatic rings. The molecule has 0 aliphatic rings. The average Bonchev–Trinajstić information content (AvgIpc) is 2.61. The first-order chi connectivity index (χ1) is 7.83. The molecular weight excluding hydrogens is 206 g/mol. The Hall–Kier alpha value is -1.62. The maximum Gasteiger partial charge on any atom is 0.421 e. The van der Waals surface area contributed by atoms with Crippen LogP contribution in [-0.2, 0) is 6.54 Å². The summed E-state index contributed by atoms with van der Waals surface area (Å²) < 4.78 is 6.67. The van der Waals surface area contributed by atoms with E-state index < -0.39 is 0 Å². The molecule has 86 valence electrons. The molecule has 0 saturated heterocycles. The van der Waals surface area contributed by atoms with E-state index in [2.05, 4.69) is 10.3 Å². The third-order valence-electron chi connectivity index (χ3n) is 2.48. The minimum Gasteiger partial charge on any atom is -0.406 e. The van der Waals surface area contributed by atoms with E-state index in [1.54, 1.807) is 22.9 Å². The van der Waals surface area contributed by atoms with E-state index >= 15 is 0 Å². The van der Waals surface area contributed by atoms with Crippen molar-refractivity contribution in [1.29, 1.82) is 0 Å². The number of hydrogen-bond donors (Lipinski definition) is 1. The number of nitrogens with one attached hydrogen (secondary N) is 1. The van der Waals surface area contributed by atoms with Crippen molar-refractivity contribution in [3.8, 4) is 0 Å². The maximum absolute atomic E-state index is 11.5. The van der Waals surface area contributed by atoms with Gasteiger partial charge >= 0.3 is 5.76 Å². The highest BCUT2D eigenvalue weighted by atomic mass is 16.4. The third-order valence-corrected chi connectivity index (χ3v) is 2.48. The normalized spacial score (nSPS) is 11.1. The predicted molar refractivity (Wildman–Crippen MR) is 61.4 cm³/mol. The van der Waals surface area contributed by atoms with Crippen LogP contribution in [0.15, 0.2) is 27.5 Å². The summed E-state index contributed by atoms with van der Waals surface area (Å²) in [5.74, 6) is -0.321. The lowest BCUT2D eigenvalue weighted by atomic mass is 10.3. The van der Waals surface area contributed by atoms with Crippen molar-refractivity contribution in [3.63, 3.8) is 0 Å². The highest BCUT2D eigenvalue weighted by Gasteiger charge is 2.08. The van der Waals surface area contributed by atoms with Gasteiger partial charge in [0.15, 0.2) is 11.2 Å². The molecule has 2 heterocycles. The Balaban J connectivity index is 2.16. The van der Waals surface area contributed by atoms with Gasteiger partial charge in [-0.05, 0) is 38.6 Å². The monoisotopic (exact) mass is 221 g/mol. The first-order valence-electron chi connectivity index (χ1n) is 5.42. The predicted octanol–water partition coefficient (Wildman–Crippen LogP) is 0.989. The molecule has 1 N–H and O–H groups in total. The molecule has 0 fully saturated rings. The smallest absolute Gasteiger partial charge is 0.406 e. The summed E-state index contributed by atoms with van der Waals surface area (Å²) in [6, 6.07) is 3.52. The van der Waals surface area contributed by atoms with Crippen molar-refractivity contribution in [2.75, 3.05) is 13.6 Å². The van der Waals surface area contributed by atoms with Crippen molar-refractivity contribution in [1.82, 2.24) is 14.9 Å². The van der Waals surface area contributed by atoms with Crippen LogP contribution in [0.2, 0.25) is 0 Å². The van der Waals surface area contributed by atoms with Gasteiger partial charge in [-0.25, -0.2) is 9.78 Å².